The molecule has 0 saturated heterocycles. The Kier molecular flexibility index (Phi) is 0.650. The molecule has 0 aromatic carbocycles. The summed E-state index contributed by atoms with van der Waals surface area (Å²) >= 11 is 0. The van der Waals surface area contributed by atoms with E-state index in [1.165, 1.54) is 0 Å². The normalized spacial score (nSPS) is 47.9. The van der Waals surface area contributed by atoms with Gasteiger partial charge in [0.05, 0.1) is 11.5 Å². The van der Waals surface area contributed by atoms with Gasteiger partial charge in [0.15, 0.2) is 0 Å². The minimum atomic E-state index is -0.167. The van der Waals surface area contributed by atoms with Gasteiger partial charge in [-0.2, -0.15) is 5.26 Å². The topological polar surface area (TPSA) is 49.8 Å². The molecule has 7 heavy (non-hydrogen) atoms. The van der Waals surface area contributed by atoms with Crippen molar-refractivity contribution in [1.82, 2.24) is 0 Å². The molecule has 1 aliphatic rings. The molecule has 2 unspecified atom stereocenters. The Bertz CT molecular complexity index is 125. The Labute approximate surface area is 42.9 Å². The van der Waals surface area contributed by atoms with Crippen LogP contribution in [0.5, 0.6) is 0 Å². The van der Waals surface area contributed by atoms with Gasteiger partial charge >= 0.3 is 0 Å². The van der Waals surface area contributed by atoms with Crippen LogP contribution in [0.3, 0.4) is 0 Å². The first-order chi connectivity index (χ1) is 3.19. The maximum Gasteiger partial charge on any atom is 0.0712 e. The van der Waals surface area contributed by atoms with E-state index >= 15 is 0 Å². The van der Waals surface area contributed by atoms with Gasteiger partial charge in [0, 0.05) is 6.04 Å². The zero-order valence-electron chi connectivity index (χ0n) is 4.31. The van der Waals surface area contributed by atoms with Crippen molar-refractivity contribution in [3.05, 3.63) is 0 Å². The van der Waals surface area contributed by atoms with Gasteiger partial charge in [-0.15, -0.1) is 0 Å². The molecule has 0 heterocycles. The van der Waals surface area contributed by atoms with Crippen LogP contribution in [0.2, 0.25) is 0 Å². The maximum absolute atomic E-state index is 8.31. The molecule has 0 aromatic heterocycles. The number of nitrogens with zero attached hydrogens (tertiary/aromatic N) is 1. The lowest BCUT2D eigenvalue weighted by molar-refractivity contribution is 0.720. The second-order valence-corrected chi connectivity index (χ2v) is 2.34. The molecule has 1 rings (SSSR count). The van der Waals surface area contributed by atoms with Crippen LogP contribution in [0.1, 0.15) is 13.3 Å². The van der Waals surface area contributed by atoms with Gasteiger partial charge in [0.2, 0.25) is 0 Å². The molecule has 0 radical (unpaired) electrons. The fraction of sp³-hybridized carbons (Fsp3) is 0.800. The molecule has 2 N–H and O–H groups in total. The fourth-order valence-corrected chi connectivity index (χ4v) is 0.526. The molecule has 0 bridgehead atoms. The first-order valence-electron chi connectivity index (χ1n) is 2.36. The van der Waals surface area contributed by atoms with Crippen LogP contribution in [0, 0.1) is 16.7 Å². The third kappa shape index (κ3) is 0.495. The average molecular weight is 96.1 g/mol. The predicted octanol–water partition coefficient (Wildman–Crippen LogP) is 0.247. The highest BCUT2D eigenvalue weighted by atomic mass is 14.8. The Morgan fingerprint density at radius 2 is 2.43 bits per heavy atom. The summed E-state index contributed by atoms with van der Waals surface area (Å²) in [5, 5.41) is 8.31. The molecule has 38 valence electrons. The van der Waals surface area contributed by atoms with Crippen LogP contribution in [-0.2, 0) is 0 Å². The second-order valence-electron chi connectivity index (χ2n) is 2.34. The van der Waals surface area contributed by atoms with E-state index in [1.54, 1.807) is 0 Å². The SMILES string of the molecule is CC1(C#N)CC1N. The minimum absolute atomic E-state index is 0.150. The Hall–Kier alpha value is -0.550. The van der Waals surface area contributed by atoms with Crippen LogP contribution in [0.4, 0.5) is 0 Å². The predicted molar refractivity (Wildman–Crippen MR) is 26.3 cm³/mol. The van der Waals surface area contributed by atoms with Gasteiger partial charge in [-0.3, -0.25) is 0 Å². The van der Waals surface area contributed by atoms with Crippen molar-refractivity contribution in [3.8, 4) is 6.07 Å². The van der Waals surface area contributed by atoms with E-state index in [2.05, 4.69) is 6.07 Å². The fourth-order valence-electron chi connectivity index (χ4n) is 0.526. The smallest absolute Gasteiger partial charge is 0.0712 e. The van der Waals surface area contributed by atoms with Crippen molar-refractivity contribution in [1.29, 1.82) is 5.26 Å². The van der Waals surface area contributed by atoms with Gasteiger partial charge in [-0.05, 0) is 13.3 Å². The number of hydrogen-bond acceptors (Lipinski definition) is 2. The van der Waals surface area contributed by atoms with Crippen LogP contribution >= 0.6 is 0 Å². The monoisotopic (exact) mass is 96.1 g/mol. The molecular formula is C5H8N2. The molecule has 1 aliphatic carbocycles. The second kappa shape index (κ2) is 0.988. The Balaban J connectivity index is 2.57. The zero-order chi connectivity index (χ0) is 5.49. The van der Waals surface area contributed by atoms with Gasteiger partial charge in [0.1, 0.15) is 0 Å². The third-order valence-corrected chi connectivity index (χ3v) is 1.56. The highest BCUT2D eigenvalue weighted by Gasteiger charge is 2.47. The molecule has 2 atom stereocenters. The molecule has 1 fully saturated rings. The van der Waals surface area contributed by atoms with E-state index in [-0.39, 0.29) is 11.5 Å². The largest absolute Gasteiger partial charge is 0.326 e. The van der Waals surface area contributed by atoms with Crippen LogP contribution in [0.25, 0.3) is 0 Å². The molecule has 0 amide bonds. The van der Waals surface area contributed by atoms with E-state index in [0.29, 0.717) is 0 Å². The Morgan fingerprint density at radius 1 is 2.00 bits per heavy atom. The lowest BCUT2D eigenvalue weighted by atomic mass is 10.2. The number of rotatable bonds is 0. The molecule has 0 aromatic rings. The summed E-state index contributed by atoms with van der Waals surface area (Å²) in [6.45, 7) is 1.89. The summed E-state index contributed by atoms with van der Waals surface area (Å²) in [6, 6.07) is 2.29. The van der Waals surface area contributed by atoms with Gasteiger partial charge < -0.3 is 5.73 Å². The van der Waals surface area contributed by atoms with Crippen LogP contribution in [-0.4, -0.2) is 6.04 Å². The summed E-state index contributed by atoms with van der Waals surface area (Å²) in [5.74, 6) is 0. The van der Waals surface area contributed by atoms with E-state index in [9.17, 15) is 0 Å². The molecule has 0 spiro atoms. The molecule has 2 heteroatoms. The molecular weight excluding hydrogens is 88.1 g/mol. The van der Waals surface area contributed by atoms with Crippen molar-refractivity contribution in [2.75, 3.05) is 0 Å². The first-order valence-corrected chi connectivity index (χ1v) is 2.36. The average Bonchev–Trinajstić information content (AvgIpc) is 2.18. The first kappa shape index (κ1) is 4.61. The van der Waals surface area contributed by atoms with E-state index in [4.69, 9.17) is 11.0 Å². The van der Waals surface area contributed by atoms with Crippen LogP contribution < -0.4 is 5.73 Å². The standard InChI is InChI=1S/C5H8N2/c1-5(3-6)2-4(5)7/h4H,2,7H2,1H3. The lowest BCUT2D eigenvalue weighted by Crippen LogP contribution is -2.07. The summed E-state index contributed by atoms with van der Waals surface area (Å²) < 4.78 is 0. The highest BCUT2D eigenvalue weighted by Crippen LogP contribution is 2.42. The van der Waals surface area contributed by atoms with E-state index < -0.39 is 0 Å². The Morgan fingerprint density at radius 3 is 2.43 bits per heavy atom. The van der Waals surface area contributed by atoms with Gasteiger partial charge in [-0.1, -0.05) is 0 Å². The molecule has 0 aliphatic heterocycles. The number of nitrogens with two attached hydrogens (primary N) is 1. The van der Waals surface area contributed by atoms with Gasteiger partial charge in [0.25, 0.3) is 0 Å². The quantitative estimate of drug-likeness (QED) is 0.470. The maximum atomic E-state index is 8.31. The van der Waals surface area contributed by atoms with Crippen molar-refractivity contribution in [2.24, 2.45) is 11.1 Å². The lowest BCUT2D eigenvalue weighted by Gasteiger charge is -1.88. The number of nitriles is 1. The van der Waals surface area contributed by atoms with Crippen molar-refractivity contribution < 1.29 is 0 Å². The minimum Gasteiger partial charge on any atom is -0.326 e. The summed E-state index contributed by atoms with van der Waals surface area (Å²) in [6.07, 6.45) is 0.878. The van der Waals surface area contributed by atoms with Crippen molar-refractivity contribution in [2.45, 2.75) is 19.4 Å². The van der Waals surface area contributed by atoms with E-state index in [1.807, 2.05) is 6.92 Å². The summed E-state index contributed by atoms with van der Waals surface area (Å²) in [4.78, 5) is 0. The third-order valence-electron chi connectivity index (χ3n) is 1.56. The van der Waals surface area contributed by atoms with Gasteiger partial charge in [-0.25, -0.2) is 0 Å². The van der Waals surface area contributed by atoms with E-state index in [0.717, 1.165) is 6.42 Å². The van der Waals surface area contributed by atoms with Crippen molar-refractivity contribution in [3.63, 3.8) is 0 Å². The van der Waals surface area contributed by atoms with Crippen LogP contribution in [0.15, 0.2) is 0 Å². The number of hydrogen-bond donors (Lipinski definition) is 1. The molecule has 1 saturated carbocycles. The summed E-state index contributed by atoms with van der Waals surface area (Å²) in [5.41, 5.74) is 5.22. The molecule has 2 nitrogen and oxygen atoms in total. The zero-order valence-corrected chi connectivity index (χ0v) is 4.31. The summed E-state index contributed by atoms with van der Waals surface area (Å²) in [7, 11) is 0. The van der Waals surface area contributed by atoms with Crippen molar-refractivity contribution >= 4 is 0 Å². The highest BCUT2D eigenvalue weighted by molar-refractivity contribution is 5.16.